The minimum Gasteiger partial charge on any atom is -0.444 e. The van der Waals surface area contributed by atoms with Crippen LogP contribution in [-0.4, -0.2) is 52.9 Å². The summed E-state index contributed by atoms with van der Waals surface area (Å²) in [5.74, 6) is -1.41. The molecule has 0 saturated heterocycles. The molecule has 2 unspecified atom stereocenters. The number of primary amides is 1. The molecule has 196 valence electrons. The van der Waals surface area contributed by atoms with Crippen LogP contribution in [0.15, 0.2) is 18.2 Å². The number of aryl methyl sites for hydroxylation is 2. The van der Waals surface area contributed by atoms with Gasteiger partial charge in [0.1, 0.15) is 17.7 Å². The van der Waals surface area contributed by atoms with Crippen LogP contribution in [-0.2, 0) is 19.1 Å². The van der Waals surface area contributed by atoms with E-state index in [9.17, 15) is 19.2 Å². The number of amides is 4. The van der Waals surface area contributed by atoms with Crippen molar-refractivity contribution in [3.05, 3.63) is 34.9 Å². The Morgan fingerprint density at radius 1 is 1.06 bits per heavy atom. The summed E-state index contributed by atoms with van der Waals surface area (Å²) >= 11 is 0. The normalized spacial score (nSPS) is 13.1. The van der Waals surface area contributed by atoms with Crippen LogP contribution in [0.4, 0.5) is 4.79 Å². The lowest BCUT2D eigenvalue weighted by Crippen LogP contribution is -2.53. The van der Waals surface area contributed by atoms with Gasteiger partial charge in [0, 0.05) is 19.0 Å². The molecule has 0 heterocycles. The monoisotopic (exact) mass is 490 g/mol. The Hall–Kier alpha value is -3.10. The number of benzene rings is 1. The van der Waals surface area contributed by atoms with Crippen LogP contribution in [0.3, 0.4) is 0 Å². The van der Waals surface area contributed by atoms with Crippen molar-refractivity contribution in [2.24, 2.45) is 5.73 Å². The van der Waals surface area contributed by atoms with Crippen LogP contribution in [0.1, 0.15) is 83.5 Å². The maximum absolute atomic E-state index is 13.8. The molecule has 1 aromatic carbocycles. The highest BCUT2D eigenvalue weighted by Crippen LogP contribution is 2.26. The first-order chi connectivity index (χ1) is 16.2. The highest BCUT2D eigenvalue weighted by molar-refractivity contribution is 5.92. The summed E-state index contributed by atoms with van der Waals surface area (Å²) in [6.45, 7) is 14.9. The number of carbonyl (C=O) groups excluding carboxylic acids is 4. The molecule has 4 N–H and O–H groups in total. The van der Waals surface area contributed by atoms with E-state index in [2.05, 4.69) is 10.6 Å². The van der Waals surface area contributed by atoms with Gasteiger partial charge in [-0.05, 0) is 78.0 Å². The smallest absolute Gasteiger partial charge is 0.408 e. The Bertz CT molecular complexity index is 907. The summed E-state index contributed by atoms with van der Waals surface area (Å²) < 4.78 is 5.32. The van der Waals surface area contributed by atoms with Crippen molar-refractivity contribution in [2.75, 3.05) is 6.54 Å². The van der Waals surface area contributed by atoms with Gasteiger partial charge < -0.3 is 26.0 Å². The first kappa shape index (κ1) is 29.9. The second-order valence-electron chi connectivity index (χ2n) is 10.1. The molecule has 0 aliphatic rings. The number of alkyl carbamates (subject to hydrolysis) is 1. The number of hydrogen-bond donors (Lipinski definition) is 3. The van der Waals surface area contributed by atoms with Crippen molar-refractivity contribution in [1.29, 1.82) is 0 Å². The zero-order valence-electron chi connectivity index (χ0n) is 22.4. The van der Waals surface area contributed by atoms with Gasteiger partial charge >= 0.3 is 6.09 Å². The topological polar surface area (TPSA) is 131 Å². The minimum atomic E-state index is -1.09. The number of nitrogens with one attached hydrogen (secondary N) is 2. The Morgan fingerprint density at radius 2 is 1.69 bits per heavy atom. The first-order valence-corrected chi connectivity index (χ1v) is 12.1. The quantitative estimate of drug-likeness (QED) is 0.438. The van der Waals surface area contributed by atoms with Gasteiger partial charge in [-0.2, -0.15) is 0 Å². The third-order valence-electron chi connectivity index (χ3n) is 5.25. The standard InChI is InChI=1S/C26H42N4O5/c1-9-14-30(22(23(32)28-16(2)3)19-11-10-17(4)18(5)15-19)24(33)20(12-13-21(27)31)29-25(34)35-26(6,7)8/h10-11,15-16,20,22H,9,12-14H2,1-8H3,(H2,27,31)(H,28,32)(H,29,34). The molecule has 4 amide bonds. The van der Waals surface area contributed by atoms with Gasteiger partial charge in [-0.25, -0.2) is 4.79 Å². The van der Waals surface area contributed by atoms with Crippen molar-refractivity contribution >= 4 is 23.8 Å². The van der Waals surface area contributed by atoms with Gasteiger partial charge in [0.15, 0.2) is 0 Å². The number of nitrogens with zero attached hydrogens (tertiary/aromatic N) is 1. The fraction of sp³-hybridized carbons (Fsp3) is 0.615. The van der Waals surface area contributed by atoms with E-state index >= 15 is 0 Å². The zero-order chi connectivity index (χ0) is 26.9. The zero-order valence-corrected chi connectivity index (χ0v) is 22.4. The van der Waals surface area contributed by atoms with Crippen LogP contribution in [0, 0.1) is 13.8 Å². The number of carbonyl (C=O) groups is 4. The van der Waals surface area contributed by atoms with Crippen molar-refractivity contribution in [2.45, 2.75) is 98.4 Å². The van der Waals surface area contributed by atoms with E-state index in [4.69, 9.17) is 10.5 Å². The van der Waals surface area contributed by atoms with E-state index < -0.39 is 35.6 Å². The molecule has 0 fully saturated rings. The van der Waals surface area contributed by atoms with E-state index in [1.165, 1.54) is 4.90 Å². The van der Waals surface area contributed by atoms with Gasteiger partial charge in [0.05, 0.1) is 0 Å². The molecule has 1 aromatic rings. The average Bonchev–Trinajstić information content (AvgIpc) is 2.70. The number of rotatable bonds is 11. The Morgan fingerprint density at radius 3 is 2.17 bits per heavy atom. The van der Waals surface area contributed by atoms with Gasteiger partial charge in [-0.1, -0.05) is 25.1 Å². The summed E-state index contributed by atoms with van der Waals surface area (Å²) in [6.07, 6.45) is -0.333. The molecular formula is C26H42N4O5. The second kappa shape index (κ2) is 13.1. The molecule has 0 aliphatic heterocycles. The molecule has 0 aromatic heterocycles. The lowest BCUT2D eigenvalue weighted by atomic mass is 9.97. The summed E-state index contributed by atoms with van der Waals surface area (Å²) in [5.41, 5.74) is 7.27. The van der Waals surface area contributed by atoms with E-state index in [0.29, 0.717) is 12.0 Å². The molecule has 0 bridgehead atoms. The van der Waals surface area contributed by atoms with Gasteiger partial charge in [0.2, 0.25) is 17.7 Å². The van der Waals surface area contributed by atoms with Gasteiger partial charge in [-0.3, -0.25) is 14.4 Å². The minimum absolute atomic E-state index is 0.0148. The Balaban J connectivity index is 3.47. The van der Waals surface area contributed by atoms with E-state index in [0.717, 1.165) is 11.1 Å². The fourth-order valence-electron chi connectivity index (χ4n) is 3.57. The predicted octanol–water partition coefficient (Wildman–Crippen LogP) is 3.27. The maximum Gasteiger partial charge on any atom is 0.408 e. The van der Waals surface area contributed by atoms with Gasteiger partial charge in [-0.15, -0.1) is 0 Å². The third kappa shape index (κ3) is 9.96. The SMILES string of the molecule is CCCN(C(=O)C(CCC(N)=O)NC(=O)OC(C)(C)C)C(C(=O)NC(C)C)c1ccc(C)c(C)c1. The Kier molecular flexibility index (Phi) is 11.2. The van der Waals surface area contributed by atoms with Crippen LogP contribution < -0.4 is 16.4 Å². The molecule has 0 spiro atoms. The molecular weight excluding hydrogens is 448 g/mol. The molecule has 2 atom stereocenters. The van der Waals surface area contributed by atoms with Crippen LogP contribution in [0.25, 0.3) is 0 Å². The lowest BCUT2D eigenvalue weighted by molar-refractivity contribution is -0.143. The Labute approximate surface area is 209 Å². The lowest BCUT2D eigenvalue weighted by Gasteiger charge is -2.35. The molecule has 0 aliphatic carbocycles. The third-order valence-corrected chi connectivity index (χ3v) is 5.25. The maximum atomic E-state index is 13.8. The highest BCUT2D eigenvalue weighted by Gasteiger charge is 2.36. The molecule has 0 saturated carbocycles. The fourth-order valence-corrected chi connectivity index (χ4v) is 3.57. The van der Waals surface area contributed by atoms with Crippen LogP contribution >= 0.6 is 0 Å². The number of hydrogen-bond acceptors (Lipinski definition) is 5. The summed E-state index contributed by atoms with van der Waals surface area (Å²) in [7, 11) is 0. The largest absolute Gasteiger partial charge is 0.444 e. The molecule has 35 heavy (non-hydrogen) atoms. The van der Waals surface area contributed by atoms with E-state index in [-0.39, 0.29) is 31.3 Å². The van der Waals surface area contributed by atoms with Crippen LogP contribution in [0.5, 0.6) is 0 Å². The molecule has 9 heteroatoms. The second-order valence-corrected chi connectivity index (χ2v) is 10.1. The van der Waals surface area contributed by atoms with Crippen molar-refractivity contribution in [1.82, 2.24) is 15.5 Å². The summed E-state index contributed by atoms with van der Waals surface area (Å²) in [5, 5.41) is 5.49. The molecule has 9 nitrogen and oxygen atoms in total. The highest BCUT2D eigenvalue weighted by atomic mass is 16.6. The molecule has 0 radical (unpaired) electrons. The average molecular weight is 491 g/mol. The first-order valence-electron chi connectivity index (χ1n) is 12.1. The van der Waals surface area contributed by atoms with Crippen LogP contribution in [0.2, 0.25) is 0 Å². The van der Waals surface area contributed by atoms with Crippen molar-refractivity contribution in [3.63, 3.8) is 0 Å². The summed E-state index contributed by atoms with van der Waals surface area (Å²) in [6, 6.07) is 3.50. The van der Waals surface area contributed by atoms with Gasteiger partial charge in [0.25, 0.3) is 0 Å². The van der Waals surface area contributed by atoms with E-state index in [1.807, 2.05) is 52.8 Å². The predicted molar refractivity (Wildman–Crippen MR) is 136 cm³/mol. The molecule has 1 rings (SSSR count). The number of nitrogens with two attached hydrogens (primary N) is 1. The van der Waals surface area contributed by atoms with Crippen molar-refractivity contribution in [3.8, 4) is 0 Å². The number of ether oxygens (including phenoxy) is 1. The van der Waals surface area contributed by atoms with E-state index in [1.54, 1.807) is 20.8 Å². The summed E-state index contributed by atoms with van der Waals surface area (Å²) in [4.78, 5) is 52.6. The van der Waals surface area contributed by atoms with Crippen molar-refractivity contribution < 1.29 is 23.9 Å².